The summed E-state index contributed by atoms with van der Waals surface area (Å²) in [5.74, 6) is -0.106. The summed E-state index contributed by atoms with van der Waals surface area (Å²) in [5, 5.41) is 11.0. The number of rotatable bonds is 6. The molecule has 1 heterocycles. The van der Waals surface area contributed by atoms with Crippen LogP contribution >= 0.6 is 0 Å². The lowest BCUT2D eigenvalue weighted by Gasteiger charge is -2.11. The summed E-state index contributed by atoms with van der Waals surface area (Å²) in [7, 11) is 0. The minimum absolute atomic E-state index is 0.0567. The molecule has 0 saturated carbocycles. The fourth-order valence-electron chi connectivity index (χ4n) is 3.00. The van der Waals surface area contributed by atoms with Crippen molar-refractivity contribution in [2.24, 2.45) is 0 Å². The van der Waals surface area contributed by atoms with Gasteiger partial charge in [0.25, 0.3) is 5.69 Å². The van der Waals surface area contributed by atoms with Crippen LogP contribution in [0.4, 0.5) is 5.69 Å². The SMILES string of the molecule is CC(=O)c1c(C)[nH]c(C(=O)COc2c(C)ccc([N+](=O)[O-])c2C)c1C. The number of aromatic amines is 1. The van der Waals surface area contributed by atoms with Crippen molar-refractivity contribution >= 4 is 17.3 Å². The first-order valence-electron chi connectivity index (χ1n) is 7.75. The Labute approximate surface area is 145 Å². The third-order valence-corrected chi connectivity index (χ3v) is 4.19. The van der Waals surface area contributed by atoms with E-state index in [0.717, 1.165) is 0 Å². The van der Waals surface area contributed by atoms with Gasteiger partial charge in [0.15, 0.2) is 12.4 Å². The van der Waals surface area contributed by atoms with Crippen molar-refractivity contribution in [2.45, 2.75) is 34.6 Å². The molecule has 0 spiro atoms. The third-order valence-electron chi connectivity index (χ3n) is 4.19. The van der Waals surface area contributed by atoms with Crippen LogP contribution in [0.25, 0.3) is 0 Å². The zero-order chi connectivity index (χ0) is 18.9. The maximum Gasteiger partial charge on any atom is 0.276 e. The van der Waals surface area contributed by atoms with E-state index in [4.69, 9.17) is 4.74 Å². The second-order valence-corrected chi connectivity index (χ2v) is 6.01. The third kappa shape index (κ3) is 3.45. The van der Waals surface area contributed by atoms with Crippen LogP contribution in [0.5, 0.6) is 5.75 Å². The lowest BCUT2D eigenvalue weighted by Crippen LogP contribution is -2.14. The molecule has 0 aliphatic rings. The predicted molar refractivity (Wildman–Crippen MR) is 92.7 cm³/mol. The fraction of sp³-hybridized carbons (Fsp3) is 0.333. The number of aryl methyl sites for hydroxylation is 2. The Morgan fingerprint density at radius 3 is 2.32 bits per heavy atom. The van der Waals surface area contributed by atoms with Crippen molar-refractivity contribution in [3.8, 4) is 5.75 Å². The van der Waals surface area contributed by atoms with Gasteiger partial charge in [-0.25, -0.2) is 0 Å². The van der Waals surface area contributed by atoms with E-state index in [2.05, 4.69) is 4.98 Å². The van der Waals surface area contributed by atoms with Gasteiger partial charge in [0.2, 0.25) is 5.78 Å². The number of ketones is 2. The van der Waals surface area contributed by atoms with E-state index < -0.39 is 4.92 Å². The Hall–Kier alpha value is -2.96. The average molecular weight is 344 g/mol. The highest BCUT2D eigenvalue weighted by molar-refractivity contribution is 6.03. The number of carbonyl (C=O) groups is 2. The number of Topliss-reactive ketones (excluding diaryl/α,β-unsaturated/α-hetero) is 2. The Kier molecular flexibility index (Phi) is 5.06. The van der Waals surface area contributed by atoms with Gasteiger partial charge in [0.1, 0.15) is 5.75 Å². The molecule has 0 aliphatic carbocycles. The smallest absolute Gasteiger partial charge is 0.276 e. The van der Waals surface area contributed by atoms with Gasteiger partial charge in [0.05, 0.1) is 16.2 Å². The molecule has 7 nitrogen and oxygen atoms in total. The van der Waals surface area contributed by atoms with E-state index in [9.17, 15) is 19.7 Å². The molecule has 25 heavy (non-hydrogen) atoms. The largest absolute Gasteiger partial charge is 0.485 e. The molecule has 7 heteroatoms. The molecule has 132 valence electrons. The minimum atomic E-state index is -0.485. The Balaban J connectivity index is 2.27. The number of nitro benzene ring substituents is 1. The molecule has 0 fully saturated rings. The van der Waals surface area contributed by atoms with Crippen molar-refractivity contribution in [1.82, 2.24) is 4.98 Å². The molecule has 0 aliphatic heterocycles. The first kappa shape index (κ1) is 18.4. The number of ether oxygens (including phenoxy) is 1. The van der Waals surface area contributed by atoms with Gasteiger partial charge >= 0.3 is 0 Å². The standard InChI is InChI=1S/C18H20N2O5/c1-9-6-7-14(20(23)24)10(2)18(9)25-8-15(22)17-11(3)16(13(5)21)12(4)19-17/h6-7,19H,8H2,1-5H3. The highest BCUT2D eigenvalue weighted by Gasteiger charge is 2.22. The van der Waals surface area contributed by atoms with Crippen LogP contribution in [-0.2, 0) is 0 Å². The minimum Gasteiger partial charge on any atom is -0.485 e. The Bertz CT molecular complexity index is 880. The summed E-state index contributed by atoms with van der Waals surface area (Å²) >= 11 is 0. The topological polar surface area (TPSA) is 102 Å². The molecule has 1 aromatic carbocycles. The van der Waals surface area contributed by atoms with Gasteiger partial charge in [-0.3, -0.25) is 19.7 Å². The fourth-order valence-corrected chi connectivity index (χ4v) is 3.00. The number of nitrogens with one attached hydrogen (secondary N) is 1. The normalized spacial score (nSPS) is 10.6. The summed E-state index contributed by atoms with van der Waals surface area (Å²) in [5.41, 5.74) is 3.08. The number of hydrogen-bond acceptors (Lipinski definition) is 5. The second kappa shape index (κ2) is 6.88. The van der Waals surface area contributed by atoms with Crippen molar-refractivity contribution in [3.05, 3.63) is 55.9 Å². The molecular formula is C18H20N2O5. The number of nitrogens with zero attached hydrogens (tertiary/aromatic N) is 1. The molecule has 0 bridgehead atoms. The van der Waals surface area contributed by atoms with Crippen LogP contribution in [0.1, 0.15) is 50.2 Å². The van der Waals surface area contributed by atoms with Gasteiger partial charge in [0, 0.05) is 17.3 Å². The number of aromatic nitrogens is 1. The van der Waals surface area contributed by atoms with Crippen LogP contribution in [-0.4, -0.2) is 28.1 Å². The highest BCUT2D eigenvalue weighted by Crippen LogP contribution is 2.31. The monoisotopic (exact) mass is 344 g/mol. The molecular weight excluding hydrogens is 324 g/mol. The number of H-pyrrole nitrogens is 1. The van der Waals surface area contributed by atoms with Gasteiger partial charge in [-0.2, -0.15) is 0 Å². The van der Waals surface area contributed by atoms with E-state index in [1.54, 1.807) is 33.8 Å². The van der Waals surface area contributed by atoms with E-state index in [1.807, 2.05) is 0 Å². The Morgan fingerprint density at radius 1 is 1.16 bits per heavy atom. The highest BCUT2D eigenvalue weighted by atomic mass is 16.6. The molecule has 2 rings (SSSR count). The second-order valence-electron chi connectivity index (χ2n) is 6.01. The van der Waals surface area contributed by atoms with Gasteiger partial charge < -0.3 is 9.72 Å². The molecule has 0 saturated heterocycles. The van der Waals surface area contributed by atoms with Crippen LogP contribution in [0.15, 0.2) is 12.1 Å². The van der Waals surface area contributed by atoms with Gasteiger partial charge in [-0.1, -0.05) is 0 Å². The maximum absolute atomic E-state index is 12.5. The quantitative estimate of drug-likeness (QED) is 0.490. The average Bonchev–Trinajstić information content (AvgIpc) is 2.81. The zero-order valence-electron chi connectivity index (χ0n) is 14.9. The van der Waals surface area contributed by atoms with Crippen LogP contribution in [0.3, 0.4) is 0 Å². The molecule has 0 radical (unpaired) electrons. The molecule has 0 atom stereocenters. The first-order valence-corrected chi connectivity index (χ1v) is 7.75. The van der Waals surface area contributed by atoms with Crippen molar-refractivity contribution < 1.29 is 19.2 Å². The molecule has 2 aromatic rings. The van der Waals surface area contributed by atoms with Crippen LogP contribution in [0, 0.1) is 37.8 Å². The van der Waals surface area contributed by atoms with Crippen LogP contribution < -0.4 is 4.74 Å². The Morgan fingerprint density at radius 2 is 1.80 bits per heavy atom. The summed E-state index contributed by atoms with van der Waals surface area (Å²) < 4.78 is 5.58. The molecule has 0 amide bonds. The lowest BCUT2D eigenvalue weighted by molar-refractivity contribution is -0.385. The lowest BCUT2D eigenvalue weighted by atomic mass is 10.1. The molecule has 1 N–H and O–H groups in total. The van der Waals surface area contributed by atoms with Crippen molar-refractivity contribution in [1.29, 1.82) is 0 Å². The van der Waals surface area contributed by atoms with Crippen molar-refractivity contribution in [2.75, 3.05) is 6.61 Å². The van der Waals surface area contributed by atoms with E-state index >= 15 is 0 Å². The van der Waals surface area contributed by atoms with Gasteiger partial charge in [-0.05, 0) is 51.8 Å². The number of nitro groups is 1. The van der Waals surface area contributed by atoms with E-state index in [1.165, 1.54) is 13.0 Å². The predicted octanol–water partition coefficient (Wildman–Crippen LogP) is 3.62. The van der Waals surface area contributed by atoms with Gasteiger partial charge in [-0.15, -0.1) is 0 Å². The first-order chi connectivity index (χ1) is 11.6. The zero-order valence-corrected chi connectivity index (χ0v) is 14.9. The summed E-state index contributed by atoms with van der Waals surface area (Å²) in [6.45, 7) is 7.95. The van der Waals surface area contributed by atoms with E-state index in [0.29, 0.717) is 39.4 Å². The molecule has 1 aromatic heterocycles. The summed E-state index contributed by atoms with van der Waals surface area (Å²) in [6.07, 6.45) is 0. The number of benzene rings is 1. The summed E-state index contributed by atoms with van der Waals surface area (Å²) in [4.78, 5) is 37.6. The maximum atomic E-state index is 12.5. The van der Waals surface area contributed by atoms with Crippen LogP contribution in [0.2, 0.25) is 0 Å². The number of carbonyl (C=O) groups excluding carboxylic acids is 2. The molecule has 0 unspecified atom stereocenters. The number of hydrogen-bond donors (Lipinski definition) is 1. The van der Waals surface area contributed by atoms with Crippen molar-refractivity contribution in [3.63, 3.8) is 0 Å². The summed E-state index contributed by atoms with van der Waals surface area (Å²) in [6, 6.07) is 3.00. The van der Waals surface area contributed by atoms with E-state index in [-0.39, 0.29) is 23.9 Å².